The standard InChI is InChI=1S/C16H19N3O5S/c1-2-23-15(21)11-5-7-18(8-6-11)13(20)10-19-16(22)24-14(17-19)12-4-3-9-25-12/h3-4,9,11H,2,5-8,10H2,1H3. The molecule has 0 unspecified atom stereocenters. The third kappa shape index (κ3) is 3.98. The number of thiophene rings is 1. The van der Waals surface area contributed by atoms with E-state index in [-0.39, 0.29) is 30.2 Å². The molecule has 3 rings (SSSR count). The first kappa shape index (κ1) is 17.4. The summed E-state index contributed by atoms with van der Waals surface area (Å²) < 4.78 is 11.2. The summed E-state index contributed by atoms with van der Waals surface area (Å²) in [4.78, 5) is 38.4. The Balaban J connectivity index is 1.59. The van der Waals surface area contributed by atoms with E-state index in [9.17, 15) is 14.4 Å². The average molecular weight is 365 g/mol. The first-order chi connectivity index (χ1) is 12.1. The second-order valence-electron chi connectivity index (χ2n) is 5.72. The number of amides is 1. The molecule has 0 atom stereocenters. The highest BCUT2D eigenvalue weighted by Gasteiger charge is 2.28. The van der Waals surface area contributed by atoms with Gasteiger partial charge in [0.25, 0.3) is 5.89 Å². The second kappa shape index (κ2) is 7.64. The maximum atomic E-state index is 12.4. The van der Waals surface area contributed by atoms with Crippen molar-refractivity contribution in [3.05, 3.63) is 28.1 Å². The quantitative estimate of drug-likeness (QED) is 0.743. The average Bonchev–Trinajstić information content (AvgIpc) is 3.25. The lowest BCUT2D eigenvalue weighted by molar-refractivity contribution is -0.151. The van der Waals surface area contributed by atoms with E-state index in [4.69, 9.17) is 9.15 Å². The molecule has 8 nitrogen and oxygen atoms in total. The highest BCUT2D eigenvalue weighted by Crippen LogP contribution is 2.21. The van der Waals surface area contributed by atoms with Crippen LogP contribution in [-0.2, 0) is 20.9 Å². The number of esters is 1. The molecule has 0 N–H and O–H groups in total. The Morgan fingerprint density at radius 3 is 2.80 bits per heavy atom. The van der Waals surface area contributed by atoms with Crippen molar-refractivity contribution in [2.75, 3.05) is 19.7 Å². The van der Waals surface area contributed by atoms with Gasteiger partial charge in [0.05, 0.1) is 17.4 Å². The molecule has 1 aliphatic rings. The summed E-state index contributed by atoms with van der Waals surface area (Å²) in [5.74, 6) is -1.02. The second-order valence-corrected chi connectivity index (χ2v) is 6.66. The van der Waals surface area contributed by atoms with E-state index in [1.807, 2.05) is 11.4 Å². The molecule has 0 radical (unpaired) electrons. The lowest BCUT2D eigenvalue weighted by Gasteiger charge is -2.30. The minimum atomic E-state index is -0.654. The molecule has 0 spiro atoms. The molecular weight excluding hydrogens is 346 g/mol. The third-order valence-corrected chi connectivity index (χ3v) is 4.95. The summed E-state index contributed by atoms with van der Waals surface area (Å²) in [6.07, 6.45) is 1.14. The molecule has 3 heterocycles. The SMILES string of the molecule is CCOC(=O)C1CCN(C(=O)Cn2nc(-c3cccs3)oc2=O)CC1. The molecule has 2 aromatic rings. The van der Waals surface area contributed by atoms with Crippen LogP contribution in [0.4, 0.5) is 0 Å². The summed E-state index contributed by atoms with van der Waals surface area (Å²) in [6.45, 7) is 2.90. The number of carbonyl (C=O) groups is 2. The van der Waals surface area contributed by atoms with E-state index in [1.165, 1.54) is 11.3 Å². The maximum Gasteiger partial charge on any atom is 0.437 e. The van der Waals surface area contributed by atoms with Crippen molar-refractivity contribution < 1.29 is 18.7 Å². The summed E-state index contributed by atoms with van der Waals surface area (Å²) in [7, 11) is 0. The fraction of sp³-hybridized carbons (Fsp3) is 0.500. The van der Waals surface area contributed by atoms with Crippen LogP contribution in [-0.4, -0.2) is 46.3 Å². The summed E-state index contributed by atoms with van der Waals surface area (Å²) in [5.41, 5.74) is 0. The van der Waals surface area contributed by atoms with E-state index >= 15 is 0 Å². The van der Waals surface area contributed by atoms with Crippen LogP contribution < -0.4 is 5.76 Å². The van der Waals surface area contributed by atoms with E-state index in [1.54, 1.807) is 17.9 Å². The molecule has 1 fully saturated rings. The van der Waals surface area contributed by atoms with Gasteiger partial charge in [-0.3, -0.25) is 9.59 Å². The smallest absolute Gasteiger partial charge is 0.437 e. The molecule has 0 bridgehead atoms. The van der Waals surface area contributed by atoms with Gasteiger partial charge in [-0.1, -0.05) is 6.07 Å². The van der Waals surface area contributed by atoms with Crippen LogP contribution >= 0.6 is 11.3 Å². The Hall–Kier alpha value is -2.42. The third-order valence-electron chi connectivity index (χ3n) is 4.09. The van der Waals surface area contributed by atoms with Gasteiger partial charge in [0, 0.05) is 13.1 Å². The number of rotatable bonds is 5. The summed E-state index contributed by atoms with van der Waals surface area (Å²) in [5, 5.41) is 5.94. The molecule has 1 saturated heterocycles. The molecule has 2 aromatic heterocycles. The monoisotopic (exact) mass is 365 g/mol. The van der Waals surface area contributed by atoms with Gasteiger partial charge in [-0.05, 0) is 31.2 Å². The normalized spacial score (nSPS) is 15.3. The Kier molecular flexibility index (Phi) is 5.32. The van der Waals surface area contributed by atoms with Crippen LogP contribution in [0.15, 0.2) is 26.7 Å². The van der Waals surface area contributed by atoms with E-state index in [0.717, 1.165) is 9.56 Å². The number of carbonyl (C=O) groups excluding carboxylic acids is 2. The molecule has 1 amide bonds. The number of hydrogen-bond donors (Lipinski definition) is 0. The molecule has 134 valence electrons. The predicted octanol–water partition coefficient (Wildman–Crippen LogP) is 1.37. The van der Waals surface area contributed by atoms with E-state index in [0.29, 0.717) is 32.5 Å². The maximum absolute atomic E-state index is 12.4. The van der Waals surface area contributed by atoms with Crippen molar-refractivity contribution in [1.82, 2.24) is 14.7 Å². The van der Waals surface area contributed by atoms with Gasteiger partial charge in [-0.15, -0.1) is 16.4 Å². The van der Waals surface area contributed by atoms with Gasteiger partial charge in [-0.2, -0.15) is 4.68 Å². The van der Waals surface area contributed by atoms with Crippen molar-refractivity contribution >= 4 is 23.2 Å². The van der Waals surface area contributed by atoms with Crippen molar-refractivity contribution in [2.24, 2.45) is 5.92 Å². The molecule has 1 aliphatic heterocycles. The van der Waals surface area contributed by atoms with Crippen LogP contribution in [0.5, 0.6) is 0 Å². The highest BCUT2D eigenvalue weighted by atomic mass is 32.1. The van der Waals surface area contributed by atoms with Gasteiger partial charge >= 0.3 is 11.7 Å². The Labute approximate surface area is 148 Å². The lowest BCUT2D eigenvalue weighted by atomic mass is 9.97. The Bertz CT molecular complexity index is 787. The predicted molar refractivity (Wildman–Crippen MR) is 90.0 cm³/mol. The zero-order valence-electron chi connectivity index (χ0n) is 13.8. The number of aromatic nitrogens is 2. The Morgan fingerprint density at radius 1 is 1.40 bits per heavy atom. The number of hydrogen-bond acceptors (Lipinski definition) is 7. The highest BCUT2D eigenvalue weighted by molar-refractivity contribution is 7.13. The number of likely N-dealkylation sites (tertiary alicyclic amines) is 1. The van der Waals surface area contributed by atoms with Gasteiger partial charge in [-0.25, -0.2) is 4.79 Å². The fourth-order valence-electron chi connectivity index (χ4n) is 2.76. The molecule has 0 aromatic carbocycles. The summed E-state index contributed by atoms with van der Waals surface area (Å²) >= 11 is 1.40. The number of ether oxygens (including phenoxy) is 1. The molecular formula is C16H19N3O5S. The van der Waals surface area contributed by atoms with Crippen LogP contribution in [0.1, 0.15) is 19.8 Å². The first-order valence-corrected chi connectivity index (χ1v) is 9.02. The lowest BCUT2D eigenvalue weighted by Crippen LogP contribution is -2.43. The Morgan fingerprint density at radius 2 is 2.16 bits per heavy atom. The fourth-order valence-corrected chi connectivity index (χ4v) is 3.40. The van der Waals surface area contributed by atoms with Crippen molar-refractivity contribution in [2.45, 2.75) is 26.3 Å². The minimum absolute atomic E-state index is 0.163. The first-order valence-electron chi connectivity index (χ1n) is 8.14. The van der Waals surface area contributed by atoms with E-state index < -0.39 is 5.76 Å². The topological polar surface area (TPSA) is 94.6 Å². The van der Waals surface area contributed by atoms with Gasteiger partial charge in [0.2, 0.25) is 5.91 Å². The van der Waals surface area contributed by atoms with Crippen LogP contribution in [0.25, 0.3) is 10.8 Å². The van der Waals surface area contributed by atoms with E-state index in [2.05, 4.69) is 5.10 Å². The molecule has 25 heavy (non-hydrogen) atoms. The van der Waals surface area contributed by atoms with Gasteiger partial charge in [0.1, 0.15) is 6.54 Å². The zero-order chi connectivity index (χ0) is 17.8. The van der Waals surface area contributed by atoms with Crippen molar-refractivity contribution in [1.29, 1.82) is 0 Å². The number of piperidine rings is 1. The summed E-state index contributed by atoms with van der Waals surface area (Å²) in [6, 6.07) is 3.63. The molecule has 0 saturated carbocycles. The molecule has 9 heteroatoms. The van der Waals surface area contributed by atoms with Crippen molar-refractivity contribution in [3.63, 3.8) is 0 Å². The van der Waals surface area contributed by atoms with Crippen LogP contribution in [0.2, 0.25) is 0 Å². The number of nitrogens with zero attached hydrogens (tertiary/aromatic N) is 3. The minimum Gasteiger partial charge on any atom is -0.466 e. The van der Waals surface area contributed by atoms with Gasteiger partial charge < -0.3 is 14.1 Å². The van der Waals surface area contributed by atoms with Crippen LogP contribution in [0.3, 0.4) is 0 Å². The van der Waals surface area contributed by atoms with Crippen LogP contribution in [0, 0.1) is 5.92 Å². The zero-order valence-corrected chi connectivity index (χ0v) is 14.7. The molecule has 0 aliphatic carbocycles. The van der Waals surface area contributed by atoms with Gasteiger partial charge in [0.15, 0.2) is 0 Å². The largest absolute Gasteiger partial charge is 0.466 e. The van der Waals surface area contributed by atoms with Crippen molar-refractivity contribution in [3.8, 4) is 10.8 Å².